The summed E-state index contributed by atoms with van der Waals surface area (Å²) in [5.41, 5.74) is 6.05. The minimum Gasteiger partial charge on any atom is -0.385 e. The Hall–Kier alpha value is -0.940. The predicted molar refractivity (Wildman–Crippen MR) is 56.4 cm³/mol. The topological polar surface area (TPSA) is 66.0 Å². The van der Waals surface area contributed by atoms with Crippen LogP contribution in [0.15, 0.2) is 0 Å². The molecule has 15 heavy (non-hydrogen) atoms. The second-order valence-electron chi connectivity index (χ2n) is 3.96. The first-order chi connectivity index (χ1) is 7.33. The lowest BCUT2D eigenvalue weighted by atomic mass is 10.1. The van der Waals surface area contributed by atoms with E-state index in [1.165, 1.54) is 0 Å². The van der Waals surface area contributed by atoms with Crippen molar-refractivity contribution in [3.63, 3.8) is 0 Å². The zero-order valence-electron chi connectivity index (χ0n) is 9.15. The molecule has 0 radical (unpaired) electrons. The van der Waals surface area contributed by atoms with Crippen LogP contribution in [0.25, 0.3) is 0 Å². The number of hydrogen-bond donors (Lipinski definition) is 1. The van der Waals surface area contributed by atoms with Crippen LogP contribution in [-0.4, -0.2) is 28.5 Å². The number of methoxy groups -OCH3 is 1. The molecule has 2 N–H and O–H groups in total. The van der Waals surface area contributed by atoms with Gasteiger partial charge < -0.3 is 10.5 Å². The standard InChI is InChI=1S/C10H18N4O/c1-15-7-3-6-10-13-12-9-5-2-4-8(11)14(9)10/h8H,2-7,11H2,1H3. The smallest absolute Gasteiger partial charge is 0.134 e. The Morgan fingerprint density at radius 1 is 1.53 bits per heavy atom. The first-order valence-electron chi connectivity index (χ1n) is 5.50. The van der Waals surface area contributed by atoms with Crippen LogP contribution in [0, 0.1) is 0 Å². The van der Waals surface area contributed by atoms with Crippen LogP contribution < -0.4 is 5.73 Å². The molecule has 84 valence electrons. The summed E-state index contributed by atoms with van der Waals surface area (Å²) in [4.78, 5) is 0. The molecule has 0 bridgehead atoms. The molecule has 0 fully saturated rings. The van der Waals surface area contributed by atoms with Crippen molar-refractivity contribution in [1.82, 2.24) is 14.8 Å². The van der Waals surface area contributed by atoms with Crippen molar-refractivity contribution >= 4 is 0 Å². The largest absolute Gasteiger partial charge is 0.385 e. The number of nitrogens with two attached hydrogens (primary N) is 1. The van der Waals surface area contributed by atoms with Gasteiger partial charge in [0.1, 0.15) is 11.6 Å². The summed E-state index contributed by atoms with van der Waals surface area (Å²) < 4.78 is 7.12. The third kappa shape index (κ3) is 2.18. The van der Waals surface area contributed by atoms with Gasteiger partial charge in [0.2, 0.25) is 0 Å². The summed E-state index contributed by atoms with van der Waals surface area (Å²) in [5, 5.41) is 8.38. The number of fused-ring (bicyclic) bond motifs is 1. The third-order valence-corrected chi connectivity index (χ3v) is 2.82. The first kappa shape index (κ1) is 10.6. The van der Waals surface area contributed by atoms with Gasteiger partial charge in [-0.15, -0.1) is 10.2 Å². The number of hydrogen-bond acceptors (Lipinski definition) is 4. The van der Waals surface area contributed by atoms with Crippen molar-refractivity contribution in [3.05, 3.63) is 11.6 Å². The highest BCUT2D eigenvalue weighted by Crippen LogP contribution is 2.21. The van der Waals surface area contributed by atoms with Crippen molar-refractivity contribution < 1.29 is 4.74 Å². The van der Waals surface area contributed by atoms with Gasteiger partial charge in [-0.05, 0) is 19.3 Å². The van der Waals surface area contributed by atoms with E-state index in [2.05, 4.69) is 14.8 Å². The van der Waals surface area contributed by atoms with Gasteiger partial charge in [0.15, 0.2) is 0 Å². The maximum absolute atomic E-state index is 6.05. The Balaban J connectivity index is 2.08. The van der Waals surface area contributed by atoms with Gasteiger partial charge in [0.25, 0.3) is 0 Å². The molecule has 2 rings (SSSR count). The van der Waals surface area contributed by atoms with E-state index in [9.17, 15) is 0 Å². The van der Waals surface area contributed by atoms with Gasteiger partial charge in [-0.1, -0.05) is 0 Å². The number of ether oxygens (including phenoxy) is 1. The first-order valence-corrected chi connectivity index (χ1v) is 5.50. The molecule has 0 aliphatic carbocycles. The molecule has 1 aromatic heterocycles. The fourth-order valence-corrected chi connectivity index (χ4v) is 2.06. The lowest BCUT2D eigenvalue weighted by molar-refractivity contribution is 0.194. The van der Waals surface area contributed by atoms with E-state index in [0.29, 0.717) is 0 Å². The van der Waals surface area contributed by atoms with Gasteiger partial charge in [0, 0.05) is 26.6 Å². The van der Waals surface area contributed by atoms with E-state index in [1.54, 1.807) is 7.11 Å². The Morgan fingerprint density at radius 2 is 2.40 bits per heavy atom. The molecule has 5 nitrogen and oxygen atoms in total. The molecule has 0 saturated carbocycles. The van der Waals surface area contributed by atoms with Crippen LogP contribution in [-0.2, 0) is 17.6 Å². The van der Waals surface area contributed by atoms with Crippen molar-refractivity contribution in [2.45, 2.75) is 38.3 Å². The molecule has 1 atom stereocenters. The lowest BCUT2D eigenvalue weighted by Gasteiger charge is -2.22. The van der Waals surface area contributed by atoms with E-state index in [1.807, 2.05) is 0 Å². The molecule has 0 aromatic carbocycles. The molecule has 5 heteroatoms. The van der Waals surface area contributed by atoms with Crippen LogP contribution in [0.5, 0.6) is 0 Å². The van der Waals surface area contributed by atoms with Crippen molar-refractivity contribution in [2.24, 2.45) is 5.73 Å². The average molecular weight is 210 g/mol. The molecule has 0 amide bonds. The van der Waals surface area contributed by atoms with Gasteiger partial charge >= 0.3 is 0 Å². The van der Waals surface area contributed by atoms with Crippen LogP contribution in [0.1, 0.15) is 37.1 Å². The number of rotatable bonds is 4. The maximum Gasteiger partial charge on any atom is 0.134 e. The fraction of sp³-hybridized carbons (Fsp3) is 0.800. The van der Waals surface area contributed by atoms with Crippen molar-refractivity contribution in [2.75, 3.05) is 13.7 Å². The van der Waals surface area contributed by atoms with E-state index in [0.717, 1.165) is 50.4 Å². The summed E-state index contributed by atoms with van der Waals surface area (Å²) in [7, 11) is 1.71. The molecule has 1 aliphatic heterocycles. The summed E-state index contributed by atoms with van der Waals surface area (Å²) in [6.45, 7) is 0.761. The van der Waals surface area contributed by atoms with Crippen molar-refractivity contribution in [1.29, 1.82) is 0 Å². The quantitative estimate of drug-likeness (QED) is 0.741. The van der Waals surface area contributed by atoms with E-state index < -0.39 is 0 Å². The molecule has 0 spiro atoms. The normalized spacial score (nSPS) is 20.3. The van der Waals surface area contributed by atoms with Crippen LogP contribution >= 0.6 is 0 Å². The second kappa shape index (κ2) is 4.72. The monoisotopic (exact) mass is 210 g/mol. The van der Waals surface area contributed by atoms with E-state index in [-0.39, 0.29) is 6.17 Å². The number of aryl methyl sites for hydroxylation is 2. The minimum absolute atomic E-state index is 0.0706. The highest BCUT2D eigenvalue weighted by Gasteiger charge is 2.21. The summed E-state index contributed by atoms with van der Waals surface area (Å²) >= 11 is 0. The van der Waals surface area contributed by atoms with Crippen LogP contribution in [0.4, 0.5) is 0 Å². The molecule has 1 unspecified atom stereocenters. The fourth-order valence-electron chi connectivity index (χ4n) is 2.06. The summed E-state index contributed by atoms with van der Waals surface area (Å²) in [6, 6.07) is 0. The number of nitrogens with zero attached hydrogens (tertiary/aromatic N) is 3. The molecule has 2 heterocycles. The SMILES string of the molecule is COCCCc1nnc2n1C(N)CCC2. The third-order valence-electron chi connectivity index (χ3n) is 2.82. The van der Waals surface area contributed by atoms with E-state index in [4.69, 9.17) is 10.5 Å². The average Bonchev–Trinajstić information content (AvgIpc) is 2.63. The second-order valence-corrected chi connectivity index (χ2v) is 3.96. The van der Waals surface area contributed by atoms with E-state index >= 15 is 0 Å². The minimum atomic E-state index is 0.0706. The lowest BCUT2D eigenvalue weighted by Crippen LogP contribution is -2.26. The van der Waals surface area contributed by atoms with Gasteiger partial charge in [0.05, 0.1) is 6.17 Å². The Bertz CT molecular complexity index is 323. The molecule has 1 aromatic rings. The van der Waals surface area contributed by atoms with Crippen LogP contribution in [0.3, 0.4) is 0 Å². The molecule has 1 aliphatic rings. The highest BCUT2D eigenvalue weighted by molar-refractivity contribution is 5.01. The zero-order valence-corrected chi connectivity index (χ0v) is 9.15. The van der Waals surface area contributed by atoms with Gasteiger partial charge in [-0.25, -0.2) is 0 Å². The van der Waals surface area contributed by atoms with Crippen LogP contribution in [0.2, 0.25) is 0 Å². The molecular formula is C10H18N4O. The molecule has 0 saturated heterocycles. The maximum atomic E-state index is 6.05. The summed E-state index contributed by atoms with van der Waals surface area (Å²) in [6.07, 6.45) is 5.10. The Kier molecular flexibility index (Phi) is 3.33. The van der Waals surface area contributed by atoms with Gasteiger partial charge in [-0.2, -0.15) is 0 Å². The van der Waals surface area contributed by atoms with Gasteiger partial charge in [-0.3, -0.25) is 4.57 Å². The number of aromatic nitrogens is 3. The summed E-state index contributed by atoms with van der Waals surface area (Å²) in [5.74, 6) is 2.05. The highest BCUT2D eigenvalue weighted by atomic mass is 16.5. The van der Waals surface area contributed by atoms with Crippen molar-refractivity contribution in [3.8, 4) is 0 Å². The Morgan fingerprint density at radius 3 is 3.20 bits per heavy atom. The zero-order chi connectivity index (χ0) is 10.7. The Labute approximate surface area is 89.6 Å². The predicted octanol–water partition coefficient (Wildman–Crippen LogP) is 0.651. The molecular weight excluding hydrogens is 192 g/mol.